The van der Waals surface area contributed by atoms with Gasteiger partial charge in [-0.25, -0.2) is 4.99 Å². The number of aliphatic hydroxyl groups excluding tert-OH is 1. The summed E-state index contributed by atoms with van der Waals surface area (Å²) < 4.78 is 0. The number of nitrogens with one attached hydrogen (secondary N) is 2. The van der Waals surface area contributed by atoms with E-state index in [0.29, 0.717) is 25.2 Å². The van der Waals surface area contributed by atoms with Crippen LogP contribution in [0.5, 0.6) is 0 Å². The SMILES string of the molecule is CN(CC1CCC(N(C)C2=NCNc3[nH]ccc32)C1)C(=O)CO. The van der Waals surface area contributed by atoms with Crippen LogP contribution < -0.4 is 5.32 Å². The Morgan fingerprint density at radius 3 is 3.04 bits per heavy atom. The highest BCUT2D eigenvalue weighted by atomic mass is 16.3. The fraction of sp³-hybridized carbons (Fsp3) is 0.625. The highest BCUT2D eigenvalue weighted by molar-refractivity contribution is 6.04. The van der Waals surface area contributed by atoms with E-state index in [-0.39, 0.29) is 5.91 Å². The zero-order valence-electron chi connectivity index (χ0n) is 13.7. The number of fused-ring (bicyclic) bond motifs is 1. The predicted molar refractivity (Wildman–Crippen MR) is 89.4 cm³/mol. The summed E-state index contributed by atoms with van der Waals surface area (Å²) in [5.41, 5.74) is 1.12. The fourth-order valence-corrected chi connectivity index (χ4v) is 3.63. The van der Waals surface area contributed by atoms with Gasteiger partial charge < -0.3 is 25.2 Å². The smallest absolute Gasteiger partial charge is 0.248 e. The summed E-state index contributed by atoms with van der Waals surface area (Å²) in [5.74, 6) is 2.34. The second-order valence-electron chi connectivity index (χ2n) is 6.46. The summed E-state index contributed by atoms with van der Waals surface area (Å²) in [6, 6.07) is 2.49. The molecule has 3 N–H and O–H groups in total. The van der Waals surface area contributed by atoms with E-state index in [0.717, 1.165) is 36.5 Å². The van der Waals surface area contributed by atoms with Gasteiger partial charge >= 0.3 is 0 Å². The molecule has 7 nitrogen and oxygen atoms in total. The lowest BCUT2D eigenvalue weighted by molar-refractivity contribution is -0.133. The van der Waals surface area contributed by atoms with Gasteiger partial charge in [0.05, 0.1) is 5.56 Å². The van der Waals surface area contributed by atoms with E-state index in [2.05, 4.69) is 33.3 Å². The van der Waals surface area contributed by atoms with Gasteiger partial charge in [-0.3, -0.25) is 4.79 Å². The number of aromatic nitrogens is 1. The van der Waals surface area contributed by atoms with Crippen molar-refractivity contribution in [1.82, 2.24) is 14.8 Å². The lowest BCUT2D eigenvalue weighted by atomic mass is 10.1. The Labute approximate surface area is 136 Å². The molecule has 1 aromatic rings. The first-order valence-corrected chi connectivity index (χ1v) is 8.14. The van der Waals surface area contributed by atoms with Gasteiger partial charge in [0, 0.05) is 32.9 Å². The Kier molecular flexibility index (Phi) is 4.56. The van der Waals surface area contributed by atoms with E-state index in [1.165, 1.54) is 0 Å². The van der Waals surface area contributed by atoms with Crippen molar-refractivity contribution >= 4 is 17.6 Å². The number of aromatic amines is 1. The minimum Gasteiger partial charge on any atom is -0.387 e. The maximum Gasteiger partial charge on any atom is 0.248 e. The maximum atomic E-state index is 11.5. The van der Waals surface area contributed by atoms with Gasteiger partial charge in [0.25, 0.3) is 0 Å². The standard InChI is InChI=1S/C16H25N5O2/c1-20(14(23)9-22)8-11-3-4-12(7-11)21(2)16-13-5-6-17-15(13)18-10-19-16/h5-6,11-12,17-18,22H,3-4,7-10H2,1-2H3. The van der Waals surface area contributed by atoms with E-state index in [1.54, 1.807) is 11.9 Å². The van der Waals surface area contributed by atoms with Crippen molar-refractivity contribution in [2.24, 2.45) is 10.9 Å². The molecule has 1 aliphatic heterocycles. The first kappa shape index (κ1) is 15.9. The van der Waals surface area contributed by atoms with E-state index in [4.69, 9.17) is 5.11 Å². The van der Waals surface area contributed by atoms with Gasteiger partial charge in [-0.1, -0.05) is 0 Å². The van der Waals surface area contributed by atoms with Gasteiger partial charge in [-0.15, -0.1) is 0 Å². The normalized spacial score (nSPS) is 23.0. The Morgan fingerprint density at radius 2 is 2.26 bits per heavy atom. The summed E-state index contributed by atoms with van der Waals surface area (Å²) in [6.45, 7) is 0.900. The van der Waals surface area contributed by atoms with Crippen molar-refractivity contribution < 1.29 is 9.90 Å². The van der Waals surface area contributed by atoms with E-state index in [9.17, 15) is 4.79 Å². The van der Waals surface area contributed by atoms with Crippen LogP contribution >= 0.6 is 0 Å². The third-order valence-corrected chi connectivity index (χ3v) is 4.96. The summed E-state index contributed by atoms with van der Waals surface area (Å²) in [6.07, 6.45) is 5.18. The van der Waals surface area contributed by atoms with Crippen LogP contribution in [-0.2, 0) is 4.79 Å². The third kappa shape index (κ3) is 3.19. The summed E-state index contributed by atoms with van der Waals surface area (Å²) in [4.78, 5) is 23.3. The van der Waals surface area contributed by atoms with E-state index in [1.807, 2.05) is 6.20 Å². The molecule has 3 rings (SSSR count). The van der Waals surface area contributed by atoms with Crippen LogP contribution in [0.25, 0.3) is 0 Å². The molecule has 1 fully saturated rings. The first-order chi connectivity index (χ1) is 11.1. The molecule has 0 aromatic carbocycles. The number of likely N-dealkylation sites (N-methyl/N-ethyl adjacent to an activating group) is 1. The second kappa shape index (κ2) is 6.62. The second-order valence-corrected chi connectivity index (χ2v) is 6.46. The zero-order chi connectivity index (χ0) is 16.4. The van der Waals surface area contributed by atoms with Gasteiger partial charge in [-0.05, 0) is 31.2 Å². The first-order valence-electron chi connectivity index (χ1n) is 8.14. The lowest BCUT2D eigenvalue weighted by Crippen LogP contribution is -2.39. The molecule has 1 aromatic heterocycles. The van der Waals surface area contributed by atoms with Gasteiger partial charge in [-0.2, -0.15) is 0 Å². The van der Waals surface area contributed by atoms with Crippen molar-refractivity contribution in [2.45, 2.75) is 25.3 Å². The number of H-pyrrole nitrogens is 1. The third-order valence-electron chi connectivity index (χ3n) is 4.96. The molecule has 0 saturated heterocycles. The molecule has 0 radical (unpaired) electrons. The molecular weight excluding hydrogens is 294 g/mol. The largest absolute Gasteiger partial charge is 0.387 e. The van der Waals surface area contributed by atoms with Crippen molar-refractivity contribution in [3.63, 3.8) is 0 Å². The van der Waals surface area contributed by atoms with Crippen LogP contribution in [0.3, 0.4) is 0 Å². The molecule has 2 unspecified atom stereocenters. The molecule has 0 bridgehead atoms. The number of rotatable bonds is 4. The van der Waals surface area contributed by atoms with Crippen LogP contribution in [0, 0.1) is 5.92 Å². The van der Waals surface area contributed by atoms with Crippen LogP contribution in [0.4, 0.5) is 5.82 Å². The minimum absolute atomic E-state index is 0.207. The minimum atomic E-state index is -0.410. The average Bonchev–Trinajstić information content (AvgIpc) is 3.21. The number of aliphatic hydroxyl groups is 1. The Bertz CT molecular complexity index is 597. The van der Waals surface area contributed by atoms with Gasteiger partial charge in [0.1, 0.15) is 24.9 Å². The van der Waals surface area contributed by atoms with Crippen molar-refractivity contribution in [3.05, 3.63) is 17.8 Å². The monoisotopic (exact) mass is 319 g/mol. The molecule has 23 heavy (non-hydrogen) atoms. The number of amidine groups is 1. The summed E-state index contributed by atoms with van der Waals surface area (Å²) in [5, 5.41) is 12.2. The molecule has 2 atom stereocenters. The molecule has 2 aliphatic rings. The Morgan fingerprint density at radius 1 is 1.43 bits per heavy atom. The maximum absolute atomic E-state index is 11.5. The molecule has 126 valence electrons. The number of amides is 1. The molecule has 7 heteroatoms. The number of aliphatic imine (C=N–C) groups is 1. The molecule has 0 spiro atoms. The van der Waals surface area contributed by atoms with Crippen molar-refractivity contribution in [3.8, 4) is 0 Å². The topological polar surface area (TPSA) is 84.0 Å². The van der Waals surface area contributed by atoms with Crippen LogP contribution in [0.1, 0.15) is 24.8 Å². The molecular formula is C16H25N5O2. The molecule has 1 aliphatic carbocycles. The average molecular weight is 319 g/mol. The Hall–Kier alpha value is -2.02. The number of carbonyl (C=O) groups excluding carboxylic acids is 1. The number of carbonyl (C=O) groups is 1. The zero-order valence-corrected chi connectivity index (χ0v) is 13.7. The van der Waals surface area contributed by atoms with Crippen LogP contribution in [0.15, 0.2) is 17.3 Å². The number of anilines is 1. The van der Waals surface area contributed by atoms with E-state index >= 15 is 0 Å². The number of hydrogen-bond acceptors (Lipinski definition) is 5. The highest BCUT2D eigenvalue weighted by Crippen LogP contribution is 2.31. The quantitative estimate of drug-likeness (QED) is 0.763. The summed E-state index contributed by atoms with van der Waals surface area (Å²) in [7, 11) is 3.87. The van der Waals surface area contributed by atoms with Gasteiger partial charge in [0.15, 0.2) is 0 Å². The molecule has 1 saturated carbocycles. The number of hydrogen-bond donors (Lipinski definition) is 3. The van der Waals surface area contributed by atoms with E-state index < -0.39 is 6.61 Å². The lowest BCUT2D eigenvalue weighted by Gasteiger charge is -2.30. The van der Waals surface area contributed by atoms with Crippen LogP contribution in [0.2, 0.25) is 0 Å². The molecule has 2 heterocycles. The molecule has 1 amide bonds. The Balaban J connectivity index is 1.61. The van der Waals surface area contributed by atoms with Crippen molar-refractivity contribution in [2.75, 3.05) is 39.2 Å². The van der Waals surface area contributed by atoms with Crippen LogP contribution in [-0.4, -0.2) is 71.6 Å². The fourth-order valence-electron chi connectivity index (χ4n) is 3.63. The summed E-state index contributed by atoms with van der Waals surface area (Å²) >= 11 is 0. The number of nitrogens with zero attached hydrogens (tertiary/aromatic N) is 3. The highest BCUT2D eigenvalue weighted by Gasteiger charge is 2.32. The predicted octanol–water partition coefficient (Wildman–Crippen LogP) is 0.695. The van der Waals surface area contributed by atoms with Crippen molar-refractivity contribution in [1.29, 1.82) is 0 Å². The van der Waals surface area contributed by atoms with Gasteiger partial charge in [0.2, 0.25) is 5.91 Å².